The van der Waals surface area contributed by atoms with E-state index in [4.69, 9.17) is 27.9 Å². The number of esters is 1. The quantitative estimate of drug-likeness (QED) is 0.645. The van der Waals surface area contributed by atoms with Crippen molar-refractivity contribution in [2.24, 2.45) is 0 Å². The van der Waals surface area contributed by atoms with E-state index in [1.807, 2.05) is 6.92 Å². The maximum atomic E-state index is 12.1. The largest absolute Gasteiger partial charge is 0.455 e. The first-order valence-corrected chi connectivity index (χ1v) is 8.56. The van der Waals surface area contributed by atoms with E-state index in [1.54, 1.807) is 18.2 Å². The molecule has 24 heavy (non-hydrogen) atoms. The molecule has 0 bridgehead atoms. The fraction of sp³-hybridized carbons (Fsp3) is 0.200. The van der Waals surface area contributed by atoms with E-state index in [0.717, 1.165) is 5.01 Å². The number of halogens is 2. The minimum absolute atomic E-state index is 0.0877. The highest BCUT2D eigenvalue weighted by Crippen LogP contribution is 2.25. The molecule has 0 fully saturated rings. The number of nitrogens with zero attached hydrogens (tertiary/aromatic N) is 3. The number of carbonyl (C=O) groups is 1. The topological polar surface area (TPSA) is 73.6 Å². The first kappa shape index (κ1) is 16.9. The van der Waals surface area contributed by atoms with Crippen LogP contribution in [-0.4, -0.2) is 20.6 Å². The molecule has 0 aliphatic rings. The van der Waals surface area contributed by atoms with Gasteiger partial charge in [-0.2, -0.15) is 9.61 Å². The molecule has 2 aromatic heterocycles. The number of benzene rings is 1. The average molecular weight is 384 g/mol. The van der Waals surface area contributed by atoms with Gasteiger partial charge in [0, 0.05) is 6.07 Å². The van der Waals surface area contributed by atoms with Crippen molar-refractivity contribution in [2.75, 3.05) is 0 Å². The average Bonchev–Trinajstić information content (AvgIpc) is 2.96. The first-order chi connectivity index (χ1) is 11.5. The Balaban J connectivity index is 1.83. The molecule has 6 nitrogen and oxygen atoms in total. The molecule has 2 heterocycles. The lowest BCUT2D eigenvalue weighted by Gasteiger charge is -2.07. The number of carbonyl (C=O) groups excluding carboxylic acids is 1. The molecule has 0 radical (unpaired) electrons. The van der Waals surface area contributed by atoms with E-state index in [1.165, 1.54) is 21.9 Å². The lowest BCUT2D eigenvalue weighted by atomic mass is 10.2. The van der Waals surface area contributed by atoms with E-state index >= 15 is 0 Å². The van der Waals surface area contributed by atoms with E-state index < -0.39 is 5.97 Å². The Labute approximate surface area is 150 Å². The van der Waals surface area contributed by atoms with Crippen LogP contribution in [0.1, 0.15) is 28.0 Å². The Hall–Kier alpha value is -1.96. The second-order valence-corrected chi connectivity index (χ2v) is 6.66. The number of aromatic nitrogens is 3. The third-order valence-electron chi connectivity index (χ3n) is 3.16. The lowest BCUT2D eigenvalue weighted by molar-refractivity contribution is 0.0468. The van der Waals surface area contributed by atoms with E-state index in [2.05, 4.69) is 10.1 Å². The van der Waals surface area contributed by atoms with Crippen LogP contribution in [0.25, 0.3) is 4.96 Å². The van der Waals surface area contributed by atoms with Crippen LogP contribution in [0.2, 0.25) is 10.0 Å². The molecule has 0 saturated carbocycles. The van der Waals surface area contributed by atoms with Crippen molar-refractivity contribution in [1.82, 2.24) is 14.6 Å². The van der Waals surface area contributed by atoms with E-state index in [0.29, 0.717) is 17.1 Å². The number of rotatable bonds is 4. The molecule has 0 atom stereocenters. The molecule has 3 rings (SSSR count). The summed E-state index contributed by atoms with van der Waals surface area (Å²) >= 11 is 13.3. The van der Waals surface area contributed by atoms with Gasteiger partial charge in [0.2, 0.25) is 4.96 Å². The summed E-state index contributed by atoms with van der Waals surface area (Å²) in [6, 6.07) is 6.01. The van der Waals surface area contributed by atoms with Gasteiger partial charge in [0.1, 0.15) is 11.6 Å². The van der Waals surface area contributed by atoms with Gasteiger partial charge in [-0.3, -0.25) is 4.79 Å². The second-order valence-electron chi connectivity index (χ2n) is 4.80. The van der Waals surface area contributed by atoms with Gasteiger partial charge < -0.3 is 4.74 Å². The molecular weight excluding hydrogens is 373 g/mol. The van der Waals surface area contributed by atoms with Gasteiger partial charge in [0.05, 0.1) is 21.3 Å². The third kappa shape index (κ3) is 3.28. The second kappa shape index (κ2) is 6.88. The van der Waals surface area contributed by atoms with Crippen LogP contribution in [0.15, 0.2) is 29.1 Å². The van der Waals surface area contributed by atoms with Crippen molar-refractivity contribution in [3.05, 3.63) is 60.9 Å². The number of hydrogen-bond donors (Lipinski definition) is 0. The summed E-state index contributed by atoms with van der Waals surface area (Å²) in [6.45, 7) is 1.78. The molecule has 0 N–H and O–H groups in total. The Morgan fingerprint density at radius 2 is 2.04 bits per heavy atom. The number of aryl methyl sites for hydroxylation is 1. The summed E-state index contributed by atoms with van der Waals surface area (Å²) < 4.78 is 6.41. The third-order valence-corrected chi connectivity index (χ3v) is 4.84. The highest BCUT2D eigenvalue weighted by Gasteiger charge is 2.17. The van der Waals surface area contributed by atoms with Gasteiger partial charge in [-0.05, 0) is 18.6 Å². The van der Waals surface area contributed by atoms with Crippen molar-refractivity contribution in [3.63, 3.8) is 0 Å². The van der Waals surface area contributed by atoms with Gasteiger partial charge in [-0.15, -0.1) is 0 Å². The van der Waals surface area contributed by atoms with Crippen LogP contribution in [-0.2, 0) is 17.8 Å². The Bertz CT molecular complexity index is 963. The lowest BCUT2D eigenvalue weighted by Crippen LogP contribution is -2.16. The molecule has 3 aromatic rings. The molecular formula is C15H11Cl2N3O3S. The maximum absolute atomic E-state index is 12.1. The molecule has 124 valence electrons. The van der Waals surface area contributed by atoms with E-state index in [-0.39, 0.29) is 27.8 Å². The SMILES string of the molecule is CCc1nn2c(=O)cc(COC(=O)c3c(Cl)cccc3Cl)nc2s1. The normalized spacial score (nSPS) is 11.0. The molecule has 0 aliphatic heterocycles. The summed E-state index contributed by atoms with van der Waals surface area (Å²) in [6.07, 6.45) is 0.711. The Morgan fingerprint density at radius 3 is 2.71 bits per heavy atom. The zero-order chi connectivity index (χ0) is 17.3. The van der Waals surface area contributed by atoms with Crippen LogP contribution in [0.4, 0.5) is 0 Å². The molecule has 1 aromatic carbocycles. The maximum Gasteiger partial charge on any atom is 0.341 e. The summed E-state index contributed by atoms with van der Waals surface area (Å²) in [7, 11) is 0. The number of ether oxygens (including phenoxy) is 1. The van der Waals surface area contributed by atoms with Crippen LogP contribution in [0, 0.1) is 0 Å². The van der Waals surface area contributed by atoms with Crippen molar-refractivity contribution in [3.8, 4) is 0 Å². The molecule has 0 saturated heterocycles. The summed E-state index contributed by atoms with van der Waals surface area (Å²) in [5, 5.41) is 5.36. The molecule has 0 amide bonds. The van der Waals surface area contributed by atoms with Crippen molar-refractivity contribution in [2.45, 2.75) is 20.0 Å². The van der Waals surface area contributed by atoms with Gasteiger partial charge in [-0.25, -0.2) is 9.78 Å². The van der Waals surface area contributed by atoms with Gasteiger partial charge in [0.25, 0.3) is 5.56 Å². The van der Waals surface area contributed by atoms with Crippen molar-refractivity contribution < 1.29 is 9.53 Å². The fourth-order valence-electron chi connectivity index (χ4n) is 2.02. The summed E-state index contributed by atoms with van der Waals surface area (Å²) in [5.74, 6) is -0.675. The van der Waals surface area contributed by atoms with Crippen molar-refractivity contribution >= 4 is 45.5 Å². The first-order valence-electron chi connectivity index (χ1n) is 6.99. The smallest absolute Gasteiger partial charge is 0.341 e. The van der Waals surface area contributed by atoms with Gasteiger partial charge in [0.15, 0.2) is 0 Å². The number of hydrogen-bond acceptors (Lipinski definition) is 6. The molecule has 0 aliphatic carbocycles. The molecule has 0 spiro atoms. The van der Waals surface area contributed by atoms with Crippen molar-refractivity contribution in [1.29, 1.82) is 0 Å². The van der Waals surface area contributed by atoms with Crippen LogP contribution in [0.5, 0.6) is 0 Å². The predicted octanol–water partition coefficient (Wildman–Crippen LogP) is 3.38. The highest BCUT2D eigenvalue weighted by atomic mass is 35.5. The van der Waals surface area contributed by atoms with Gasteiger partial charge >= 0.3 is 5.97 Å². The fourth-order valence-corrected chi connectivity index (χ4v) is 3.43. The monoisotopic (exact) mass is 383 g/mol. The minimum Gasteiger partial charge on any atom is -0.455 e. The summed E-state index contributed by atoms with van der Waals surface area (Å²) in [4.78, 5) is 28.9. The minimum atomic E-state index is -0.675. The zero-order valence-corrected chi connectivity index (χ0v) is 14.8. The van der Waals surface area contributed by atoms with E-state index in [9.17, 15) is 9.59 Å². The number of fused-ring (bicyclic) bond motifs is 1. The zero-order valence-electron chi connectivity index (χ0n) is 12.5. The summed E-state index contributed by atoms with van der Waals surface area (Å²) in [5.41, 5.74) is 0.102. The van der Waals surface area contributed by atoms with Crippen LogP contribution in [0.3, 0.4) is 0 Å². The Morgan fingerprint density at radius 1 is 1.33 bits per heavy atom. The Kier molecular flexibility index (Phi) is 4.84. The molecule has 0 unspecified atom stereocenters. The predicted molar refractivity (Wildman–Crippen MR) is 92.1 cm³/mol. The van der Waals surface area contributed by atoms with Crippen LogP contribution >= 0.6 is 34.5 Å². The standard InChI is InChI=1S/C15H11Cl2N3O3S/c1-2-11-19-20-12(21)6-8(18-15(20)24-11)7-23-14(22)13-9(16)4-3-5-10(13)17/h3-6H,2,7H2,1H3. The van der Waals surface area contributed by atoms with Crippen LogP contribution < -0.4 is 5.56 Å². The molecule has 9 heteroatoms. The van der Waals surface area contributed by atoms with Gasteiger partial charge in [-0.1, -0.05) is 47.5 Å². The highest BCUT2D eigenvalue weighted by molar-refractivity contribution is 7.16.